The smallest absolute Gasteiger partial charge is 0.328 e. The number of carbonyl (C=O) groups is 1. The molecule has 0 saturated carbocycles. The molecule has 0 saturated heterocycles. The largest absolute Gasteiger partial charge is 0.487 e. The van der Waals surface area contributed by atoms with Gasteiger partial charge in [-0.2, -0.15) is 4.72 Å². The molecule has 160 valence electrons. The van der Waals surface area contributed by atoms with Gasteiger partial charge in [-0.05, 0) is 30.2 Å². The lowest BCUT2D eigenvalue weighted by molar-refractivity contribution is -0.150. The summed E-state index contributed by atoms with van der Waals surface area (Å²) >= 11 is 12.2. The van der Waals surface area contributed by atoms with Crippen molar-refractivity contribution in [3.05, 3.63) is 70.2 Å². The van der Waals surface area contributed by atoms with E-state index in [1.165, 1.54) is 18.2 Å². The van der Waals surface area contributed by atoms with Gasteiger partial charge in [0.1, 0.15) is 17.0 Å². The molecule has 0 unspecified atom stereocenters. The molecule has 0 radical (unpaired) electrons. The van der Waals surface area contributed by atoms with Gasteiger partial charge in [-0.25, -0.2) is 13.2 Å². The Morgan fingerprint density at radius 3 is 2.43 bits per heavy atom. The molecule has 1 N–H and O–H groups in total. The van der Waals surface area contributed by atoms with Crippen LogP contribution in [0.3, 0.4) is 0 Å². The third-order valence-electron chi connectivity index (χ3n) is 4.71. The summed E-state index contributed by atoms with van der Waals surface area (Å²) in [7, 11) is -4.27. The molecule has 30 heavy (non-hydrogen) atoms. The lowest BCUT2D eigenvalue weighted by Crippen LogP contribution is -2.56. The number of benzene rings is 2. The predicted octanol–water partition coefficient (Wildman–Crippen LogP) is 3.94. The number of hydrogen-bond acceptors (Lipinski definition) is 5. The van der Waals surface area contributed by atoms with Crippen LogP contribution in [0.15, 0.2) is 53.9 Å². The number of esters is 1. The molecular formula is C21H21Cl2NO5S. The van der Waals surface area contributed by atoms with Gasteiger partial charge in [0.2, 0.25) is 10.0 Å². The molecule has 0 bridgehead atoms. The van der Waals surface area contributed by atoms with E-state index in [2.05, 4.69) is 11.3 Å². The van der Waals surface area contributed by atoms with Crippen molar-refractivity contribution in [3.8, 4) is 5.75 Å². The first-order chi connectivity index (χ1) is 14.2. The van der Waals surface area contributed by atoms with E-state index >= 15 is 0 Å². The van der Waals surface area contributed by atoms with E-state index in [1.807, 2.05) is 24.3 Å². The van der Waals surface area contributed by atoms with Crippen LogP contribution in [0.1, 0.15) is 18.1 Å². The molecule has 1 aliphatic carbocycles. The van der Waals surface area contributed by atoms with E-state index in [1.54, 1.807) is 6.92 Å². The monoisotopic (exact) mass is 469 g/mol. The molecular weight excluding hydrogens is 449 g/mol. The second kappa shape index (κ2) is 8.98. The minimum atomic E-state index is -4.27. The molecule has 1 aliphatic rings. The maximum atomic E-state index is 13.4. The number of ether oxygens (including phenoxy) is 2. The second-order valence-electron chi connectivity index (χ2n) is 6.84. The summed E-state index contributed by atoms with van der Waals surface area (Å²) in [5, 5.41) is 0.149. The van der Waals surface area contributed by atoms with Crippen molar-refractivity contribution in [2.24, 2.45) is 0 Å². The zero-order valence-electron chi connectivity index (χ0n) is 16.3. The van der Waals surface area contributed by atoms with Gasteiger partial charge in [-0.1, -0.05) is 60.1 Å². The minimum Gasteiger partial charge on any atom is -0.487 e. The van der Waals surface area contributed by atoms with Crippen LogP contribution in [-0.4, -0.2) is 33.1 Å². The molecule has 0 fully saturated rings. The average molecular weight is 470 g/mol. The minimum absolute atomic E-state index is 0.0321. The Kier molecular flexibility index (Phi) is 6.77. The van der Waals surface area contributed by atoms with E-state index in [0.29, 0.717) is 0 Å². The van der Waals surface area contributed by atoms with Crippen molar-refractivity contribution in [3.63, 3.8) is 0 Å². The summed E-state index contributed by atoms with van der Waals surface area (Å²) in [4.78, 5) is 12.6. The molecule has 0 atom stereocenters. The maximum absolute atomic E-state index is 13.4. The summed E-state index contributed by atoms with van der Waals surface area (Å²) in [5.74, 6) is -0.713. The Labute approximate surface area is 185 Å². The molecule has 2 aromatic carbocycles. The molecule has 0 aliphatic heterocycles. The van der Waals surface area contributed by atoms with Gasteiger partial charge in [0.25, 0.3) is 0 Å². The third kappa shape index (κ3) is 4.49. The highest BCUT2D eigenvalue weighted by molar-refractivity contribution is 7.89. The van der Waals surface area contributed by atoms with Gasteiger partial charge in [0, 0.05) is 17.9 Å². The van der Waals surface area contributed by atoms with Crippen molar-refractivity contribution >= 4 is 39.2 Å². The molecule has 0 spiro atoms. The first-order valence-corrected chi connectivity index (χ1v) is 11.5. The number of fused-ring (bicyclic) bond motifs is 1. The Hall–Kier alpha value is -2.06. The van der Waals surface area contributed by atoms with Crippen LogP contribution in [0.4, 0.5) is 0 Å². The molecule has 3 rings (SSSR count). The van der Waals surface area contributed by atoms with E-state index in [4.69, 9.17) is 32.7 Å². The van der Waals surface area contributed by atoms with Crippen molar-refractivity contribution in [1.82, 2.24) is 4.72 Å². The van der Waals surface area contributed by atoms with E-state index in [-0.39, 0.29) is 46.7 Å². The first kappa shape index (κ1) is 22.6. The summed E-state index contributed by atoms with van der Waals surface area (Å²) < 4.78 is 40.1. The molecule has 0 heterocycles. The highest BCUT2D eigenvalue weighted by atomic mass is 35.5. The summed E-state index contributed by atoms with van der Waals surface area (Å²) in [5.41, 5.74) is 0.268. The maximum Gasteiger partial charge on any atom is 0.328 e. The van der Waals surface area contributed by atoms with E-state index in [9.17, 15) is 13.2 Å². The number of hydrogen-bond donors (Lipinski definition) is 1. The molecule has 2 aromatic rings. The number of carbonyl (C=O) groups excluding carboxylic acids is 1. The Balaban J connectivity index is 2.06. The quantitative estimate of drug-likeness (QED) is 0.467. The number of nitrogens with one attached hydrogen (secondary N) is 1. The molecule has 6 nitrogen and oxygen atoms in total. The van der Waals surface area contributed by atoms with Crippen LogP contribution in [0.2, 0.25) is 10.0 Å². The van der Waals surface area contributed by atoms with Crippen LogP contribution in [-0.2, 0) is 32.4 Å². The number of halogens is 2. The Morgan fingerprint density at radius 1 is 1.23 bits per heavy atom. The van der Waals surface area contributed by atoms with Crippen LogP contribution in [0, 0.1) is 0 Å². The van der Waals surface area contributed by atoms with Crippen LogP contribution in [0.25, 0.3) is 0 Å². The Morgan fingerprint density at radius 2 is 1.87 bits per heavy atom. The van der Waals surface area contributed by atoms with Crippen molar-refractivity contribution in [2.45, 2.75) is 30.2 Å². The number of sulfonamides is 1. The predicted molar refractivity (Wildman–Crippen MR) is 116 cm³/mol. The normalized spacial score (nSPS) is 14.8. The van der Waals surface area contributed by atoms with Crippen molar-refractivity contribution < 1.29 is 22.7 Å². The standard InChI is InChI=1S/C21H21Cl2NO5S/c1-3-9-29-19-17(23)10-16(22)11-18(19)30(26,27)24-21(20(25)28-4-2)12-14-7-5-6-8-15(14)13-21/h3,5-8,10-11,24H,1,4,9,12-13H2,2H3. The summed E-state index contributed by atoms with van der Waals surface area (Å²) in [6.45, 7) is 5.38. The second-order valence-corrected chi connectivity index (χ2v) is 9.34. The zero-order valence-corrected chi connectivity index (χ0v) is 18.6. The molecule has 0 aromatic heterocycles. The summed E-state index contributed by atoms with van der Waals surface area (Å²) in [6, 6.07) is 10.0. The summed E-state index contributed by atoms with van der Waals surface area (Å²) in [6.07, 6.45) is 1.79. The van der Waals surface area contributed by atoms with E-state index < -0.39 is 21.5 Å². The topological polar surface area (TPSA) is 81.7 Å². The highest BCUT2D eigenvalue weighted by Gasteiger charge is 2.48. The van der Waals surface area contributed by atoms with Gasteiger partial charge < -0.3 is 9.47 Å². The van der Waals surface area contributed by atoms with Crippen molar-refractivity contribution in [2.75, 3.05) is 13.2 Å². The van der Waals surface area contributed by atoms with Gasteiger partial charge in [-0.3, -0.25) is 0 Å². The van der Waals surface area contributed by atoms with Gasteiger partial charge in [0.15, 0.2) is 5.75 Å². The molecule has 0 amide bonds. The van der Waals surface area contributed by atoms with Crippen LogP contribution >= 0.6 is 23.2 Å². The lowest BCUT2D eigenvalue weighted by atomic mass is 9.97. The SMILES string of the molecule is C=CCOc1c(Cl)cc(Cl)cc1S(=O)(=O)NC1(C(=O)OCC)Cc2ccccc2C1. The van der Waals surface area contributed by atoms with Crippen molar-refractivity contribution in [1.29, 1.82) is 0 Å². The van der Waals surface area contributed by atoms with E-state index in [0.717, 1.165) is 11.1 Å². The fourth-order valence-electron chi connectivity index (χ4n) is 3.47. The lowest BCUT2D eigenvalue weighted by Gasteiger charge is -2.28. The molecule has 9 heteroatoms. The zero-order chi connectivity index (χ0) is 21.9. The Bertz CT molecular complexity index is 1060. The van der Waals surface area contributed by atoms with Gasteiger partial charge in [-0.15, -0.1) is 0 Å². The van der Waals surface area contributed by atoms with Gasteiger partial charge in [0.05, 0.1) is 11.6 Å². The van der Waals surface area contributed by atoms with Crippen LogP contribution < -0.4 is 9.46 Å². The average Bonchev–Trinajstić information content (AvgIpc) is 3.05. The first-order valence-electron chi connectivity index (χ1n) is 9.23. The fourth-order valence-corrected chi connectivity index (χ4v) is 5.69. The van der Waals surface area contributed by atoms with Gasteiger partial charge >= 0.3 is 5.97 Å². The highest BCUT2D eigenvalue weighted by Crippen LogP contribution is 2.38. The van der Waals surface area contributed by atoms with Crippen LogP contribution in [0.5, 0.6) is 5.75 Å². The number of rotatable bonds is 8. The fraction of sp³-hybridized carbons (Fsp3) is 0.286. The third-order valence-corrected chi connectivity index (χ3v) is 6.75.